The van der Waals surface area contributed by atoms with E-state index in [4.69, 9.17) is 0 Å². The zero-order chi connectivity index (χ0) is 29.8. The van der Waals surface area contributed by atoms with E-state index in [0.29, 0.717) is 44.0 Å². The van der Waals surface area contributed by atoms with E-state index in [2.05, 4.69) is 15.0 Å². The first kappa shape index (κ1) is 28.0. The molecule has 0 radical (unpaired) electrons. The molecule has 2 aliphatic heterocycles. The zero-order valence-corrected chi connectivity index (χ0v) is 22.7. The molecule has 0 saturated carbocycles. The predicted molar refractivity (Wildman–Crippen MR) is 168 cm³/mol. The van der Waals surface area contributed by atoms with Crippen LogP contribution in [0.2, 0.25) is 0 Å². The Kier molecular flexibility index (Phi) is 6.78. The normalized spacial score (nSPS) is 13.1. The van der Waals surface area contributed by atoms with E-state index in [1.54, 1.807) is 60.7 Å². The van der Waals surface area contributed by atoms with Crippen LogP contribution in [0.15, 0.2) is 107 Å². The molecular formula is C35H26N4O5. The van der Waals surface area contributed by atoms with Crippen molar-refractivity contribution in [1.29, 1.82) is 0 Å². The number of aromatic amines is 1. The van der Waals surface area contributed by atoms with Gasteiger partial charge in [0, 0.05) is 34.0 Å². The lowest BCUT2D eigenvalue weighted by atomic mass is 10.0. The van der Waals surface area contributed by atoms with E-state index >= 15 is 0 Å². The first-order valence-electron chi connectivity index (χ1n) is 13.4. The Bertz CT molecular complexity index is 2340. The topological polar surface area (TPSA) is 137 Å². The Morgan fingerprint density at radius 2 is 1.45 bits per heavy atom. The molecule has 8 rings (SSSR count). The van der Waals surface area contributed by atoms with Gasteiger partial charge in [-0.2, -0.15) is 0 Å². The van der Waals surface area contributed by atoms with Crippen LogP contribution in [0.5, 0.6) is 11.6 Å². The predicted octanol–water partition coefficient (Wildman–Crippen LogP) is 5.19. The molecule has 0 aliphatic carbocycles. The molecule has 9 heteroatoms. The van der Waals surface area contributed by atoms with Gasteiger partial charge < -0.3 is 15.2 Å². The van der Waals surface area contributed by atoms with Crippen molar-refractivity contribution in [1.82, 2.24) is 9.55 Å². The molecular weight excluding hydrogens is 556 g/mol. The number of carbonyl (C=O) groups excluding carboxylic acids is 3. The molecule has 4 heterocycles. The van der Waals surface area contributed by atoms with Gasteiger partial charge in [-0.1, -0.05) is 68.1 Å². The number of carbonyl (C=O) groups is 3. The van der Waals surface area contributed by atoms with Gasteiger partial charge in [-0.25, -0.2) is 9.98 Å². The lowest BCUT2D eigenvalue weighted by Gasteiger charge is -2.06. The van der Waals surface area contributed by atoms with E-state index in [1.165, 1.54) is 11.5 Å². The molecule has 216 valence electrons. The molecule has 0 bridgehead atoms. The summed E-state index contributed by atoms with van der Waals surface area (Å²) >= 11 is 0. The van der Waals surface area contributed by atoms with Gasteiger partial charge in [0.15, 0.2) is 5.88 Å². The minimum Gasteiger partial charge on any atom is -0.505 e. The van der Waals surface area contributed by atoms with Crippen molar-refractivity contribution in [2.45, 2.75) is 14.4 Å². The molecule has 0 fully saturated rings. The Hall–Kier alpha value is -6.09. The second-order valence-electron chi connectivity index (χ2n) is 10.1. The van der Waals surface area contributed by atoms with Crippen LogP contribution in [0, 0.1) is 0 Å². The van der Waals surface area contributed by atoms with Crippen molar-refractivity contribution < 1.29 is 24.6 Å². The second kappa shape index (κ2) is 10.6. The standard InChI is InChI=1S/C18H12N2O3.C16H10N2O2.CH4/c1-10(21)20-14-9-5-3-7-12(14)17(22)16(20)15-11-6-2-4-8-13(11)19-18(15)23;19-15-10-6-2-4-8-12(10)17-14(15)13-9-5-1-3-7-11(9)18-16(13)20;/h2-9,22H,1H3;1-8,18,20H;1H4. The van der Waals surface area contributed by atoms with Gasteiger partial charge in [-0.3, -0.25) is 19.0 Å². The summed E-state index contributed by atoms with van der Waals surface area (Å²) < 4.78 is 1.37. The number of hydrogen-bond donors (Lipinski definition) is 3. The van der Waals surface area contributed by atoms with Crippen molar-refractivity contribution in [3.8, 4) is 11.6 Å². The molecule has 0 atom stereocenters. The van der Waals surface area contributed by atoms with Gasteiger partial charge in [0.2, 0.25) is 11.7 Å². The molecule has 44 heavy (non-hydrogen) atoms. The maximum absolute atomic E-state index is 12.4. The number of nitrogens with zero attached hydrogens (tertiary/aromatic N) is 3. The summed E-state index contributed by atoms with van der Waals surface area (Å²) in [6.45, 7) is 1.40. The number of rotatable bonds is 2. The number of aliphatic imine (C=N–C) groups is 1. The van der Waals surface area contributed by atoms with Gasteiger partial charge >= 0.3 is 0 Å². The van der Waals surface area contributed by atoms with E-state index in [1.807, 2.05) is 36.4 Å². The highest BCUT2D eigenvalue weighted by Gasteiger charge is 2.30. The minimum absolute atomic E-state index is 0. The number of aromatic hydroxyl groups is 2. The van der Waals surface area contributed by atoms with Crippen LogP contribution >= 0.6 is 0 Å². The number of benzene rings is 4. The van der Waals surface area contributed by atoms with Crippen molar-refractivity contribution in [2.75, 3.05) is 0 Å². The van der Waals surface area contributed by atoms with Crippen LogP contribution in [0.25, 0.3) is 27.4 Å². The third-order valence-electron chi connectivity index (χ3n) is 7.53. The fourth-order valence-corrected chi connectivity index (χ4v) is 5.67. The minimum atomic E-state index is -0.452. The van der Waals surface area contributed by atoms with Crippen molar-refractivity contribution >= 4 is 56.4 Å². The van der Waals surface area contributed by atoms with Crippen LogP contribution in [0.4, 0.5) is 5.69 Å². The number of hydrogen-bond acceptors (Lipinski definition) is 6. The summed E-state index contributed by atoms with van der Waals surface area (Å²) in [6.07, 6.45) is 0. The lowest BCUT2D eigenvalue weighted by molar-refractivity contribution is -0.112. The third-order valence-corrected chi connectivity index (χ3v) is 7.53. The van der Waals surface area contributed by atoms with Gasteiger partial charge in [0.1, 0.15) is 17.2 Å². The summed E-state index contributed by atoms with van der Waals surface area (Å²) in [6, 6.07) is 28.7. The van der Waals surface area contributed by atoms with Crippen molar-refractivity contribution in [2.24, 2.45) is 9.98 Å². The number of amides is 1. The average molecular weight is 583 g/mol. The summed E-state index contributed by atoms with van der Waals surface area (Å²) in [5.74, 6) is -0.981. The lowest BCUT2D eigenvalue weighted by Crippen LogP contribution is -2.24. The Labute approximate surface area is 250 Å². The molecule has 9 nitrogen and oxygen atoms in total. The van der Waals surface area contributed by atoms with Crippen LogP contribution in [-0.4, -0.2) is 43.1 Å². The average Bonchev–Trinajstić information content (AvgIpc) is 3.71. The molecule has 0 saturated heterocycles. The molecule has 3 N–H and O–H groups in total. The summed E-state index contributed by atoms with van der Waals surface area (Å²) in [7, 11) is 0. The van der Waals surface area contributed by atoms with Gasteiger partial charge in [-0.05, 0) is 36.4 Å². The van der Waals surface area contributed by atoms with E-state index in [-0.39, 0.29) is 42.0 Å². The first-order chi connectivity index (χ1) is 20.8. The Morgan fingerprint density at radius 3 is 2.23 bits per heavy atom. The largest absolute Gasteiger partial charge is 0.505 e. The molecule has 2 aromatic heterocycles. The quantitative estimate of drug-likeness (QED) is 0.258. The molecule has 1 amide bonds. The Balaban J connectivity index is 0.000000154. The van der Waals surface area contributed by atoms with Gasteiger partial charge in [-0.15, -0.1) is 0 Å². The number of aromatic nitrogens is 2. The van der Waals surface area contributed by atoms with Crippen LogP contribution in [0.1, 0.15) is 40.8 Å². The van der Waals surface area contributed by atoms with Gasteiger partial charge in [0.25, 0.3) is 5.91 Å². The highest BCUT2D eigenvalue weighted by molar-refractivity contribution is 6.56. The highest BCUT2D eigenvalue weighted by Crippen LogP contribution is 2.37. The molecule has 0 unspecified atom stereocenters. The molecule has 6 aromatic rings. The fourth-order valence-electron chi connectivity index (χ4n) is 5.67. The smallest absolute Gasteiger partial charge is 0.280 e. The second-order valence-corrected chi connectivity index (χ2v) is 10.1. The number of H-pyrrole nitrogens is 1. The maximum atomic E-state index is 12.4. The summed E-state index contributed by atoms with van der Waals surface area (Å²) in [5.41, 5.74) is 3.80. The number of para-hydroxylation sites is 4. The molecule has 0 spiro atoms. The molecule has 2 aliphatic rings. The number of Topliss-reactive ketones (excluding diaryl/α,β-unsaturated/α-hetero) is 1. The zero-order valence-electron chi connectivity index (χ0n) is 22.7. The van der Waals surface area contributed by atoms with Crippen molar-refractivity contribution in [3.05, 3.63) is 124 Å². The summed E-state index contributed by atoms with van der Waals surface area (Å²) in [5, 5.41) is 23.2. The SMILES string of the molecule is C.CC(=O)n1c(C2=c3ccccc3=NC2=O)c(O)c2ccccc21.O=C1C(c2c(O)[nH]c3ccccc23)=Nc2ccccc21. The maximum Gasteiger partial charge on any atom is 0.280 e. The number of fused-ring (bicyclic) bond motifs is 4. The monoisotopic (exact) mass is 582 g/mol. The molecule has 4 aromatic carbocycles. The summed E-state index contributed by atoms with van der Waals surface area (Å²) in [4.78, 5) is 48.3. The number of ketones is 1. The fraction of sp³-hybridized carbons (Fsp3) is 0.0571. The van der Waals surface area contributed by atoms with E-state index in [0.717, 1.165) is 10.9 Å². The van der Waals surface area contributed by atoms with Crippen molar-refractivity contribution in [3.63, 3.8) is 0 Å². The van der Waals surface area contributed by atoms with E-state index < -0.39 is 5.91 Å². The highest BCUT2D eigenvalue weighted by atomic mass is 16.3. The Morgan fingerprint density at radius 1 is 0.795 bits per heavy atom. The van der Waals surface area contributed by atoms with E-state index in [9.17, 15) is 24.6 Å². The van der Waals surface area contributed by atoms with Crippen LogP contribution in [-0.2, 0) is 4.79 Å². The number of nitrogens with one attached hydrogen (secondary N) is 1. The first-order valence-corrected chi connectivity index (χ1v) is 13.4. The third kappa shape index (κ3) is 4.21. The van der Waals surface area contributed by atoms with Crippen LogP contribution < -0.4 is 10.6 Å². The van der Waals surface area contributed by atoms with Crippen LogP contribution in [0.3, 0.4) is 0 Å². The van der Waals surface area contributed by atoms with Gasteiger partial charge in [0.05, 0.1) is 27.7 Å².